The molecule has 1 saturated heterocycles. The van der Waals surface area contributed by atoms with Gasteiger partial charge in [-0.25, -0.2) is 0 Å². The van der Waals surface area contributed by atoms with Crippen LogP contribution in [0.4, 0.5) is 0 Å². The fraction of sp³-hybridized carbons (Fsp3) is 0.917. The van der Waals surface area contributed by atoms with Crippen LogP contribution in [0, 0.1) is 0 Å². The largest absolute Gasteiger partial charge is 0.388 e. The maximum Gasteiger partial charge on any atom is 0.186 e. The minimum Gasteiger partial charge on any atom is -0.388 e. The van der Waals surface area contributed by atoms with Crippen molar-refractivity contribution < 1.29 is 50.0 Å². The van der Waals surface area contributed by atoms with E-state index >= 15 is 0 Å². The third-order valence-corrected chi connectivity index (χ3v) is 3.47. The molecule has 7 N–H and O–H groups in total. The lowest BCUT2D eigenvalue weighted by Gasteiger charge is -2.39. The summed E-state index contributed by atoms with van der Waals surface area (Å²) in [7, 11) is 0. The van der Waals surface area contributed by atoms with E-state index in [1.54, 1.807) is 0 Å². The zero-order chi connectivity index (χ0) is 17.0. The molecule has 0 radical (unpaired) electrons. The number of carbonyl (C=O) groups is 1. The Bertz CT molecular complexity index is 353. The van der Waals surface area contributed by atoms with E-state index in [2.05, 4.69) is 0 Å². The maximum absolute atomic E-state index is 10.3. The van der Waals surface area contributed by atoms with Gasteiger partial charge in [-0.15, -0.1) is 0 Å². The van der Waals surface area contributed by atoms with E-state index in [9.17, 15) is 35.4 Å². The first-order valence-corrected chi connectivity index (χ1v) is 6.69. The number of hydrogen-bond donors (Lipinski definition) is 7. The highest BCUT2D eigenvalue weighted by molar-refractivity contribution is 5.56. The highest BCUT2D eigenvalue weighted by atomic mass is 16.7. The zero-order valence-corrected chi connectivity index (χ0v) is 11.8. The molecule has 0 aromatic rings. The Morgan fingerprint density at radius 1 is 1.05 bits per heavy atom. The number of carbonyl (C=O) groups excluding carboxylic acids is 1. The molecule has 1 aliphatic heterocycles. The summed E-state index contributed by atoms with van der Waals surface area (Å²) >= 11 is 0. The zero-order valence-electron chi connectivity index (χ0n) is 11.8. The van der Waals surface area contributed by atoms with Gasteiger partial charge in [-0.05, 0) is 6.92 Å². The van der Waals surface area contributed by atoms with E-state index in [4.69, 9.17) is 14.6 Å². The molecule has 1 fully saturated rings. The Labute approximate surface area is 126 Å². The van der Waals surface area contributed by atoms with Gasteiger partial charge in [0.1, 0.15) is 42.7 Å². The lowest BCUT2D eigenvalue weighted by atomic mass is 10.00. The molecule has 0 amide bonds. The Morgan fingerprint density at radius 2 is 1.64 bits per heavy atom. The Hall–Kier alpha value is -0.690. The number of aliphatic hydroxyl groups is 7. The molecular weight excluding hydrogens is 304 g/mol. The molecule has 1 aliphatic rings. The van der Waals surface area contributed by atoms with Crippen LogP contribution in [0.15, 0.2) is 0 Å². The standard InChI is InChI=1S/C12H22O10/c1-4-7(16)10(19)11(20)12(22-4)21-3-6(15)9(18)8(17)5(14)2-13/h2,4-12,14-20H,3H2,1H3/t4-,5?,6?,7-,8?,9?,10+,11+,12+/m0/s1. The first-order valence-electron chi connectivity index (χ1n) is 6.69. The average molecular weight is 326 g/mol. The van der Waals surface area contributed by atoms with Gasteiger partial charge in [0, 0.05) is 0 Å². The minimum atomic E-state index is -1.92. The summed E-state index contributed by atoms with van der Waals surface area (Å²) in [6.07, 6.45) is -14.0. The molecule has 0 aromatic carbocycles. The van der Waals surface area contributed by atoms with Gasteiger partial charge in [0.25, 0.3) is 0 Å². The van der Waals surface area contributed by atoms with Crippen LogP contribution >= 0.6 is 0 Å². The number of hydrogen-bond acceptors (Lipinski definition) is 10. The second-order valence-corrected chi connectivity index (χ2v) is 5.19. The van der Waals surface area contributed by atoms with Crippen molar-refractivity contribution in [3.05, 3.63) is 0 Å². The van der Waals surface area contributed by atoms with Crippen molar-refractivity contribution in [1.82, 2.24) is 0 Å². The predicted molar refractivity (Wildman–Crippen MR) is 68.4 cm³/mol. The van der Waals surface area contributed by atoms with Crippen molar-refractivity contribution in [3.63, 3.8) is 0 Å². The summed E-state index contributed by atoms with van der Waals surface area (Å²) in [5.74, 6) is 0. The first-order chi connectivity index (χ1) is 10.2. The van der Waals surface area contributed by atoms with Crippen LogP contribution in [-0.2, 0) is 14.3 Å². The Kier molecular flexibility index (Phi) is 7.25. The van der Waals surface area contributed by atoms with Gasteiger partial charge >= 0.3 is 0 Å². The van der Waals surface area contributed by atoms with E-state index < -0.39 is 61.7 Å². The topological polar surface area (TPSA) is 177 Å². The van der Waals surface area contributed by atoms with Gasteiger partial charge in [0.05, 0.1) is 12.7 Å². The monoisotopic (exact) mass is 326 g/mol. The average Bonchev–Trinajstić information content (AvgIpc) is 2.52. The molecule has 130 valence electrons. The third-order valence-electron chi connectivity index (χ3n) is 3.47. The highest BCUT2D eigenvalue weighted by Crippen LogP contribution is 2.22. The van der Waals surface area contributed by atoms with E-state index in [1.807, 2.05) is 0 Å². The fourth-order valence-electron chi connectivity index (χ4n) is 1.95. The lowest BCUT2D eigenvalue weighted by Crippen LogP contribution is -2.58. The van der Waals surface area contributed by atoms with Gasteiger partial charge in [0.2, 0.25) is 0 Å². The van der Waals surface area contributed by atoms with Crippen LogP contribution < -0.4 is 0 Å². The number of rotatable bonds is 7. The first kappa shape index (κ1) is 19.4. The van der Waals surface area contributed by atoms with Crippen molar-refractivity contribution >= 4 is 6.29 Å². The Morgan fingerprint density at radius 3 is 2.18 bits per heavy atom. The molecule has 10 nitrogen and oxygen atoms in total. The van der Waals surface area contributed by atoms with Crippen molar-refractivity contribution in [2.45, 2.75) is 62.0 Å². The smallest absolute Gasteiger partial charge is 0.186 e. The van der Waals surface area contributed by atoms with Crippen LogP contribution in [0.1, 0.15) is 6.92 Å². The number of aliphatic hydroxyl groups excluding tert-OH is 7. The van der Waals surface area contributed by atoms with Crippen LogP contribution in [0.5, 0.6) is 0 Å². The summed E-state index contributed by atoms with van der Waals surface area (Å²) in [5.41, 5.74) is 0. The van der Waals surface area contributed by atoms with E-state index in [1.165, 1.54) is 6.92 Å². The van der Waals surface area contributed by atoms with Crippen molar-refractivity contribution in [1.29, 1.82) is 0 Å². The molecule has 4 unspecified atom stereocenters. The molecule has 0 aromatic heterocycles. The molecule has 10 heteroatoms. The van der Waals surface area contributed by atoms with Gasteiger partial charge in [-0.3, -0.25) is 0 Å². The SMILES string of the molecule is C[C@@H]1O[C@@H](OCC(O)C(O)C(O)C(O)C=O)[C@H](O)[C@H](O)[C@H]1O. The molecule has 0 saturated carbocycles. The quantitative estimate of drug-likeness (QED) is 0.225. The molecule has 9 atom stereocenters. The normalized spacial score (nSPS) is 38.1. The summed E-state index contributed by atoms with van der Waals surface area (Å²) in [6.45, 7) is 0.812. The lowest BCUT2D eigenvalue weighted by molar-refractivity contribution is -0.299. The molecule has 0 spiro atoms. The molecule has 1 heterocycles. The second kappa shape index (κ2) is 8.24. The van der Waals surface area contributed by atoms with Crippen molar-refractivity contribution in [2.75, 3.05) is 6.61 Å². The van der Waals surface area contributed by atoms with Gasteiger partial charge in [0.15, 0.2) is 12.6 Å². The van der Waals surface area contributed by atoms with E-state index in [0.29, 0.717) is 0 Å². The fourth-order valence-corrected chi connectivity index (χ4v) is 1.95. The van der Waals surface area contributed by atoms with E-state index in [0.717, 1.165) is 0 Å². The van der Waals surface area contributed by atoms with Gasteiger partial charge < -0.3 is 50.0 Å². The van der Waals surface area contributed by atoms with Gasteiger partial charge in [-0.1, -0.05) is 0 Å². The van der Waals surface area contributed by atoms with Crippen LogP contribution in [0.25, 0.3) is 0 Å². The summed E-state index contributed by atoms with van der Waals surface area (Å²) in [4.78, 5) is 10.3. The summed E-state index contributed by atoms with van der Waals surface area (Å²) in [5, 5.41) is 66.3. The van der Waals surface area contributed by atoms with Crippen molar-refractivity contribution in [3.8, 4) is 0 Å². The highest BCUT2D eigenvalue weighted by Gasteiger charge is 2.43. The second-order valence-electron chi connectivity index (χ2n) is 5.19. The summed E-state index contributed by atoms with van der Waals surface area (Å²) in [6, 6.07) is 0. The van der Waals surface area contributed by atoms with Crippen molar-refractivity contribution in [2.24, 2.45) is 0 Å². The number of aldehydes is 1. The Balaban J connectivity index is 2.52. The predicted octanol–water partition coefficient (Wildman–Crippen LogP) is -4.53. The third kappa shape index (κ3) is 4.41. The minimum absolute atomic E-state index is 0.00507. The maximum atomic E-state index is 10.3. The molecule has 1 rings (SSSR count). The molecular formula is C12H22O10. The molecule has 0 bridgehead atoms. The van der Waals surface area contributed by atoms with Crippen LogP contribution in [0.2, 0.25) is 0 Å². The van der Waals surface area contributed by atoms with E-state index in [-0.39, 0.29) is 6.29 Å². The van der Waals surface area contributed by atoms with Crippen LogP contribution in [0.3, 0.4) is 0 Å². The molecule has 22 heavy (non-hydrogen) atoms. The van der Waals surface area contributed by atoms with Gasteiger partial charge in [-0.2, -0.15) is 0 Å². The molecule has 0 aliphatic carbocycles. The summed E-state index contributed by atoms with van der Waals surface area (Å²) < 4.78 is 10.1. The van der Waals surface area contributed by atoms with Crippen LogP contribution in [-0.4, -0.2) is 104 Å². The number of ether oxygens (including phenoxy) is 2.